The number of aromatic nitrogens is 2. The Hall–Kier alpha value is -2.88. The summed E-state index contributed by atoms with van der Waals surface area (Å²) in [5.74, 6) is 0.675. The Balaban J connectivity index is 1.74. The maximum atomic E-state index is 9.73. The van der Waals surface area contributed by atoms with Crippen LogP contribution in [-0.2, 0) is 5.75 Å². The van der Waals surface area contributed by atoms with Gasteiger partial charge in [0.05, 0.1) is 17.2 Å². The van der Waals surface area contributed by atoms with Crippen molar-refractivity contribution in [3.05, 3.63) is 87.4 Å². The van der Waals surface area contributed by atoms with Crippen molar-refractivity contribution in [2.75, 3.05) is 0 Å². The van der Waals surface area contributed by atoms with E-state index >= 15 is 0 Å². The van der Waals surface area contributed by atoms with Crippen LogP contribution in [0.25, 0.3) is 0 Å². The molecule has 0 spiro atoms. The van der Waals surface area contributed by atoms with E-state index in [4.69, 9.17) is 22.1 Å². The molecule has 28 heavy (non-hydrogen) atoms. The van der Waals surface area contributed by atoms with Crippen LogP contribution in [-0.4, -0.2) is 10.2 Å². The van der Waals surface area contributed by atoms with Gasteiger partial charge in [0.25, 0.3) is 0 Å². The Morgan fingerprint density at radius 3 is 2.71 bits per heavy atom. The van der Waals surface area contributed by atoms with Crippen LogP contribution in [0.4, 0.5) is 0 Å². The third-order valence-electron chi connectivity index (χ3n) is 4.64. The van der Waals surface area contributed by atoms with Crippen LogP contribution in [0, 0.1) is 18.3 Å². The monoisotopic (exact) mass is 408 g/mol. The fraction of sp³-hybridized carbons (Fsp3) is 0.143. The van der Waals surface area contributed by atoms with Crippen LogP contribution in [0.2, 0.25) is 5.02 Å². The number of nitrogens with two attached hydrogens (primary N) is 1. The van der Waals surface area contributed by atoms with Crippen molar-refractivity contribution in [3.63, 3.8) is 0 Å². The SMILES string of the molecule is Cc1ccc(SCc2[nH]nc3c2[C@@H](c2ccccc2Cl)C(C#N)=C(N)O3)cc1. The first kappa shape index (κ1) is 18.5. The average Bonchev–Trinajstić information content (AvgIpc) is 3.09. The molecule has 0 bridgehead atoms. The number of ether oxygens (including phenoxy) is 1. The third kappa shape index (κ3) is 3.35. The van der Waals surface area contributed by atoms with Gasteiger partial charge in [-0.2, -0.15) is 5.26 Å². The molecule has 0 amide bonds. The first-order valence-electron chi connectivity index (χ1n) is 8.67. The number of hydrogen-bond acceptors (Lipinski definition) is 5. The molecule has 0 unspecified atom stereocenters. The first-order chi connectivity index (χ1) is 13.6. The lowest BCUT2D eigenvalue weighted by Crippen LogP contribution is -2.21. The van der Waals surface area contributed by atoms with Crippen LogP contribution >= 0.6 is 23.4 Å². The number of nitriles is 1. The Bertz CT molecular complexity index is 1100. The summed E-state index contributed by atoms with van der Waals surface area (Å²) in [6.45, 7) is 2.06. The van der Waals surface area contributed by atoms with Gasteiger partial charge in [0.1, 0.15) is 11.6 Å². The lowest BCUT2D eigenvalue weighted by molar-refractivity contribution is 0.379. The second kappa shape index (κ2) is 7.63. The molecule has 0 fully saturated rings. The predicted octanol–water partition coefficient (Wildman–Crippen LogP) is 4.88. The number of benzene rings is 2. The zero-order chi connectivity index (χ0) is 19.7. The van der Waals surface area contributed by atoms with E-state index in [0.717, 1.165) is 21.7 Å². The topological polar surface area (TPSA) is 87.7 Å². The van der Waals surface area contributed by atoms with E-state index < -0.39 is 5.92 Å². The van der Waals surface area contributed by atoms with Gasteiger partial charge in [-0.25, -0.2) is 0 Å². The molecular weight excluding hydrogens is 392 g/mol. The quantitative estimate of drug-likeness (QED) is 0.600. The van der Waals surface area contributed by atoms with E-state index in [1.54, 1.807) is 17.8 Å². The van der Waals surface area contributed by atoms with E-state index in [2.05, 4.69) is 47.5 Å². The van der Waals surface area contributed by atoms with Gasteiger partial charge in [0.2, 0.25) is 11.8 Å². The Kier molecular flexibility index (Phi) is 5.03. The summed E-state index contributed by atoms with van der Waals surface area (Å²) in [5.41, 5.74) is 10.0. The normalized spacial score (nSPS) is 15.7. The molecular formula is C21H17ClN4OS. The Labute approximate surface area is 172 Å². The van der Waals surface area contributed by atoms with Crippen molar-refractivity contribution < 1.29 is 4.74 Å². The largest absolute Gasteiger partial charge is 0.420 e. The van der Waals surface area contributed by atoms with Crippen molar-refractivity contribution in [3.8, 4) is 11.9 Å². The number of H-pyrrole nitrogens is 1. The minimum atomic E-state index is -0.421. The van der Waals surface area contributed by atoms with Crippen LogP contribution in [0.1, 0.15) is 28.3 Å². The highest BCUT2D eigenvalue weighted by atomic mass is 35.5. The van der Waals surface area contributed by atoms with E-state index in [0.29, 0.717) is 22.2 Å². The number of fused-ring (bicyclic) bond motifs is 1. The van der Waals surface area contributed by atoms with Gasteiger partial charge in [-0.3, -0.25) is 5.10 Å². The van der Waals surface area contributed by atoms with Crippen molar-refractivity contribution >= 4 is 23.4 Å². The number of aryl methyl sites for hydroxylation is 1. The summed E-state index contributed by atoms with van der Waals surface area (Å²) in [6.07, 6.45) is 0. The zero-order valence-corrected chi connectivity index (χ0v) is 16.6. The van der Waals surface area contributed by atoms with Gasteiger partial charge in [0, 0.05) is 15.7 Å². The van der Waals surface area contributed by atoms with Crippen molar-refractivity contribution in [2.45, 2.75) is 23.5 Å². The van der Waals surface area contributed by atoms with E-state index in [1.165, 1.54) is 5.56 Å². The van der Waals surface area contributed by atoms with Gasteiger partial charge >= 0.3 is 0 Å². The highest BCUT2D eigenvalue weighted by Gasteiger charge is 2.36. The number of aromatic amines is 1. The van der Waals surface area contributed by atoms with E-state index in [9.17, 15) is 5.26 Å². The molecule has 5 nitrogen and oxygen atoms in total. The highest BCUT2D eigenvalue weighted by molar-refractivity contribution is 7.98. The van der Waals surface area contributed by atoms with Gasteiger partial charge in [0.15, 0.2) is 0 Å². The third-order valence-corrected chi connectivity index (χ3v) is 6.02. The highest BCUT2D eigenvalue weighted by Crippen LogP contribution is 2.45. The molecule has 2 aromatic carbocycles. The van der Waals surface area contributed by atoms with Crippen LogP contribution in [0.3, 0.4) is 0 Å². The summed E-state index contributed by atoms with van der Waals surface area (Å²) in [4.78, 5) is 1.15. The fourth-order valence-corrected chi connectivity index (χ4v) is 4.33. The molecule has 2 heterocycles. The lowest BCUT2D eigenvalue weighted by Gasteiger charge is -2.24. The molecule has 7 heteroatoms. The minimum absolute atomic E-state index is 0.0594. The maximum absolute atomic E-state index is 9.73. The first-order valence-corrected chi connectivity index (χ1v) is 10.0. The van der Waals surface area contributed by atoms with Gasteiger partial charge < -0.3 is 10.5 Å². The predicted molar refractivity (Wildman–Crippen MR) is 110 cm³/mol. The van der Waals surface area contributed by atoms with E-state index in [1.807, 2.05) is 18.2 Å². The van der Waals surface area contributed by atoms with Gasteiger partial charge in [-0.1, -0.05) is 47.5 Å². The van der Waals surface area contributed by atoms with Crippen LogP contribution in [0.15, 0.2) is 64.9 Å². The second-order valence-corrected chi connectivity index (χ2v) is 7.92. The number of allylic oxidation sites excluding steroid dienone is 1. The molecule has 3 N–H and O–H groups in total. The standard InChI is InChI=1S/C21H17ClN4OS/c1-12-6-8-13(9-7-12)28-11-17-19-18(14-4-2-3-5-16(14)22)15(10-23)20(24)27-21(19)26-25-17/h2-9,18H,11,24H2,1H3,(H,25,26)/t18-/m0/s1. The van der Waals surface area contributed by atoms with Gasteiger partial charge in [-0.15, -0.1) is 16.9 Å². The van der Waals surface area contributed by atoms with Crippen LogP contribution in [0.5, 0.6) is 5.88 Å². The summed E-state index contributed by atoms with van der Waals surface area (Å²) in [6, 6.07) is 18.0. The molecule has 0 radical (unpaired) electrons. The fourth-order valence-electron chi connectivity index (χ4n) is 3.23. The Morgan fingerprint density at radius 1 is 1.25 bits per heavy atom. The number of thioether (sulfide) groups is 1. The number of nitrogens with zero attached hydrogens (tertiary/aromatic N) is 2. The molecule has 0 saturated carbocycles. The van der Waals surface area contributed by atoms with Gasteiger partial charge in [-0.05, 0) is 30.7 Å². The number of nitrogens with one attached hydrogen (secondary N) is 1. The summed E-state index contributed by atoms with van der Waals surface area (Å²) in [7, 11) is 0. The molecule has 1 atom stereocenters. The molecule has 140 valence electrons. The van der Waals surface area contributed by atoms with Crippen molar-refractivity contribution in [1.29, 1.82) is 5.26 Å². The van der Waals surface area contributed by atoms with Crippen molar-refractivity contribution in [1.82, 2.24) is 10.2 Å². The Morgan fingerprint density at radius 2 is 2.00 bits per heavy atom. The minimum Gasteiger partial charge on any atom is -0.420 e. The molecule has 3 aromatic rings. The average molecular weight is 409 g/mol. The molecule has 0 aliphatic carbocycles. The van der Waals surface area contributed by atoms with Crippen LogP contribution < -0.4 is 10.5 Å². The molecule has 1 aliphatic rings. The molecule has 1 aromatic heterocycles. The molecule has 4 rings (SSSR count). The lowest BCUT2D eigenvalue weighted by atomic mass is 9.84. The smallest absolute Gasteiger partial charge is 0.244 e. The summed E-state index contributed by atoms with van der Waals surface area (Å²) in [5, 5.41) is 17.6. The number of hydrogen-bond donors (Lipinski definition) is 2. The zero-order valence-electron chi connectivity index (χ0n) is 15.1. The number of halogens is 1. The maximum Gasteiger partial charge on any atom is 0.244 e. The van der Waals surface area contributed by atoms with E-state index in [-0.39, 0.29) is 5.88 Å². The summed E-state index contributed by atoms with van der Waals surface area (Å²) >= 11 is 8.13. The second-order valence-electron chi connectivity index (χ2n) is 6.47. The molecule has 0 saturated heterocycles. The van der Waals surface area contributed by atoms with Crippen molar-refractivity contribution in [2.24, 2.45) is 5.73 Å². The summed E-state index contributed by atoms with van der Waals surface area (Å²) < 4.78 is 5.62. The molecule has 1 aliphatic heterocycles. The number of rotatable bonds is 4.